The van der Waals surface area contributed by atoms with Crippen molar-refractivity contribution < 1.29 is 26.4 Å². The van der Waals surface area contributed by atoms with Gasteiger partial charge in [0.05, 0.1) is 21.4 Å². The number of aromatic nitrogens is 3. The van der Waals surface area contributed by atoms with Crippen LogP contribution in [0.25, 0.3) is 22.3 Å². The number of anilines is 2. The second-order valence-corrected chi connectivity index (χ2v) is 11.6. The van der Waals surface area contributed by atoms with Crippen LogP contribution in [0, 0.1) is 0 Å². The predicted octanol–water partition coefficient (Wildman–Crippen LogP) is 5.24. The summed E-state index contributed by atoms with van der Waals surface area (Å²) in [5, 5.41) is 6.14. The lowest BCUT2D eigenvalue weighted by Crippen LogP contribution is -2.26. The van der Waals surface area contributed by atoms with Crippen LogP contribution >= 0.6 is 11.6 Å². The Morgan fingerprint density at radius 3 is 2.50 bits per heavy atom. The topological polar surface area (TPSA) is 126 Å². The van der Waals surface area contributed by atoms with Gasteiger partial charge in [0.2, 0.25) is 10.0 Å². The molecule has 0 spiro atoms. The van der Waals surface area contributed by atoms with Crippen LogP contribution in [0.5, 0.6) is 0 Å². The van der Waals surface area contributed by atoms with Gasteiger partial charge in [0.15, 0.2) is 5.82 Å². The lowest BCUT2D eigenvalue weighted by atomic mass is 10.1. The fourth-order valence-corrected chi connectivity index (χ4v) is 5.52. The molecule has 1 aliphatic carbocycles. The van der Waals surface area contributed by atoms with Crippen molar-refractivity contribution in [2.24, 2.45) is 0 Å². The highest BCUT2D eigenvalue weighted by atomic mass is 35.5. The van der Waals surface area contributed by atoms with Gasteiger partial charge in [0.25, 0.3) is 5.91 Å². The molecule has 0 unspecified atom stereocenters. The number of nitrogens with zero attached hydrogens (tertiary/aromatic N) is 3. The second-order valence-electron chi connectivity index (χ2n) is 9.14. The average molecular weight is 591 g/mol. The number of amides is 1. The van der Waals surface area contributed by atoms with Gasteiger partial charge >= 0.3 is 6.18 Å². The van der Waals surface area contributed by atoms with Crippen molar-refractivity contribution in [3.63, 3.8) is 0 Å². The number of alkyl halides is 3. The summed E-state index contributed by atoms with van der Waals surface area (Å²) in [7, 11) is -1.75. The largest absolute Gasteiger partial charge is 0.433 e. The number of carbonyl (C=O) groups excluding carboxylic acids is 1. The van der Waals surface area contributed by atoms with Crippen LogP contribution in [0.4, 0.5) is 24.7 Å². The molecule has 3 N–H and O–H groups in total. The summed E-state index contributed by atoms with van der Waals surface area (Å²) in [5.74, 6) is 0.0550. The minimum atomic E-state index is -4.57. The third-order valence-corrected chi connectivity index (χ3v) is 8.45. The Hall–Kier alpha value is -3.81. The Balaban J connectivity index is 1.39. The maximum Gasteiger partial charge on any atom is 0.433 e. The molecule has 1 saturated carbocycles. The molecular formula is C26H22ClF3N6O3S. The van der Waals surface area contributed by atoms with E-state index in [1.165, 1.54) is 18.2 Å². The van der Waals surface area contributed by atoms with Gasteiger partial charge in [0, 0.05) is 36.4 Å². The van der Waals surface area contributed by atoms with Gasteiger partial charge in [-0.15, -0.1) is 0 Å². The molecule has 2 aromatic heterocycles. The maximum absolute atomic E-state index is 13.1. The molecule has 9 nitrogen and oxygen atoms in total. The van der Waals surface area contributed by atoms with Crippen LogP contribution < -0.4 is 15.4 Å². The Morgan fingerprint density at radius 2 is 1.85 bits per heavy atom. The van der Waals surface area contributed by atoms with E-state index in [0.717, 1.165) is 12.3 Å². The molecule has 0 aliphatic heterocycles. The number of sulfonamides is 1. The second kappa shape index (κ2) is 10.6. The first-order valence-electron chi connectivity index (χ1n) is 12.1. The van der Waals surface area contributed by atoms with Crippen LogP contribution in [-0.2, 0) is 22.7 Å². The molecule has 1 amide bonds. The Bertz CT molecular complexity index is 1710. The zero-order valence-electron chi connectivity index (χ0n) is 20.9. The maximum atomic E-state index is 13.1. The molecule has 0 saturated heterocycles. The Labute approximate surface area is 232 Å². The quantitative estimate of drug-likeness (QED) is 0.256. The predicted molar refractivity (Wildman–Crippen MR) is 146 cm³/mol. The first kappa shape index (κ1) is 27.7. The zero-order chi connectivity index (χ0) is 28.7. The molecule has 208 valence electrons. The molecule has 4 aromatic rings. The lowest BCUT2D eigenvalue weighted by molar-refractivity contribution is -0.141. The first-order chi connectivity index (χ1) is 18.9. The first-order valence-corrected chi connectivity index (χ1v) is 14.0. The molecule has 14 heteroatoms. The summed E-state index contributed by atoms with van der Waals surface area (Å²) in [5.41, 5.74) is 0.770. The van der Waals surface area contributed by atoms with Crippen molar-refractivity contribution in [2.75, 3.05) is 17.7 Å². The normalized spacial score (nSPS) is 13.8. The number of halogens is 4. The lowest BCUT2D eigenvalue weighted by Gasteiger charge is -2.12. The molecule has 2 aromatic carbocycles. The monoisotopic (exact) mass is 590 g/mol. The third kappa shape index (κ3) is 6.01. The fourth-order valence-electron chi connectivity index (χ4n) is 3.96. The van der Waals surface area contributed by atoms with Crippen molar-refractivity contribution in [1.82, 2.24) is 19.7 Å². The van der Waals surface area contributed by atoms with E-state index < -0.39 is 27.8 Å². The van der Waals surface area contributed by atoms with Crippen molar-refractivity contribution >= 4 is 49.9 Å². The highest BCUT2D eigenvalue weighted by Crippen LogP contribution is 2.31. The fraction of sp³-hybridized carbons (Fsp3) is 0.231. The number of hydrogen-bond donors (Lipinski definition) is 3. The molecule has 40 heavy (non-hydrogen) atoms. The molecular weight excluding hydrogens is 569 g/mol. The van der Waals surface area contributed by atoms with Crippen LogP contribution in [0.15, 0.2) is 54.7 Å². The van der Waals surface area contributed by atoms with Gasteiger partial charge in [-0.25, -0.2) is 23.1 Å². The van der Waals surface area contributed by atoms with Crippen molar-refractivity contribution in [2.45, 2.75) is 30.8 Å². The van der Waals surface area contributed by atoms with Gasteiger partial charge in [-0.05, 0) is 60.9 Å². The van der Waals surface area contributed by atoms with E-state index in [1.807, 2.05) is 0 Å². The molecule has 5 rings (SSSR count). The van der Waals surface area contributed by atoms with Crippen molar-refractivity contribution in [3.05, 3.63) is 76.6 Å². The minimum absolute atomic E-state index is 0.0254. The molecule has 0 atom stereocenters. The van der Waals surface area contributed by atoms with Gasteiger partial charge in [-0.1, -0.05) is 17.7 Å². The number of hydrogen-bond acceptors (Lipinski definition) is 7. The van der Waals surface area contributed by atoms with E-state index in [4.69, 9.17) is 11.6 Å². The van der Waals surface area contributed by atoms with E-state index >= 15 is 0 Å². The van der Waals surface area contributed by atoms with E-state index in [2.05, 4.69) is 30.3 Å². The summed E-state index contributed by atoms with van der Waals surface area (Å²) in [6.45, 7) is 0.0254. The van der Waals surface area contributed by atoms with Crippen molar-refractivity contribution in [3.8, 4) is 11.4 Å². The summed E-state index contributed by atoms with van der Waals surface area (Å²) in [4.78, 5) is 25.4. The van der Waals surface area contributed by atoms with Gasteiger partial charge < -0.3 is 10.6 Å². The molecule has 2 heterocycles. The Kier molecular flexibility index (Phi) is 7.38. The minimum Gasteiger partial charge on any atom is -0.373 e. The van der Waals surface area contributed by atoms with E-state index in [1.54, 1.807) is 31.3 Å². The van der Waals surface area contributed by atoms with E-state index in [0.29, 0.717) is 40.8 Å². The van der Waals surface area contributed by atoms with Gasteiger partial charge in [0.1, 0.15) is 11.5 Å². The number of benzene rings is 2. The van der Waals surface area contributed by atoms with Crippen molar-refractivity contribution in [1.29, 1.82) is 0 Å². The molecule has 1 fully saturated rings. The third-order valence-electron chi connectivity index (χ3n) is 6.22. The van der Waals surface area contributed by atoms with Gasteiger partial charge in [-0.2, -0.15) is 13.2 Å². The van der Waals surface area contributed by atoms with Crippen LogP contribution in [0.2, 0.25) is 5.02 Å². The molecule has 0 bridgehead atoms. The smallest absolute Gasteiger partial charge is 0.373 e. The summed E-state index contributed by atoms with van der Waals surface area (Å²) in [6, 6.07) is 11.7. The van der Waals surface area contributed by atoms with E-state index in [9.17, 15) is 26.4 Å². The zero-order valence-corrected chi connectivity index (χ0v) is 22.5. The van der Waals surface area contributed by atoms with Gasteiger partial charge in [-0.3, -0.25) is 9.78 Å². The van der Waals surface area contributed by atoms with E-state index in [-0.39, 0.29) is 33.8 Å². The van der Waals surface area contributed by atoms with Crippen LogP contribution in [0.1, 0.15) is 34.5 Å². The molecule has 1 aliphatic rings. The Morgan fingerprint density at radius 1 is 1.07 bits per heavy atom. The van der Waals surface area contributed by atoms with Crippen LogP contribution in [-0.4, -0.2) is 41.6 Å². The SMILES string of the molecule is CNc1nc(-c2ccc(C(F)(F)F)nc2)nc2cc(NC(=O)c3cc(CNS(=O)(=O)C4CC4)ccc3Cl)ccc12. The number of carbonyl (C=O) groups is 1. The number of rotatable bonds is 8. The number of pyridine rings is 1. The highest BCUT2D eigenvalue weighted by Gasteiger charge is 2.35. The molecule has 0 radical (unpaired) electrons. The summed E-state index contributed by atoms with van der Waals surface area (Å²) in [6.07, 6.45) is -2.24. The highest BCUT2D eigenvalue weighted by molar-refractivity contribution is 7.90. The number of fused-ring (bicyclic) bond motifs is 1. The van der Waals surface area contributed by atoms with Crippen LogP contribution in [0.3, 0.4) is 0 Å². The standard InChI is InChI=1S/C26H22ClF3N6O3S/c1-31-24-18-7-4-16(11-21(18)35-23(36-24)15-3-9-22(32-13-15)26(28,29)30)34-25(37)19-10-14(2-8-20(19)27)12-33-40(38,39)17-5-6-17/h2-4,7-11,13,17,33H,5-6,12H2,1H3,(H,34,37)(H,31,35,36). The number of nitrogens with one attached hydrogen (secondary N) is 3. The average Bonchev–Trinajstić information content (AvgIpc) is 3.78. The summed E-state index contributed by atoms with van der Waals surface area (Å²) < 4.78 is 65.6. The summed E-state index contributed by atoms with van der Waals surface area (Å²) >= 11 is 6.27.